The summed E-state index contributed by atoms with van der Waals surface area (Å²) in [5.41, 5.74) is 0.347. The second kappa shape index (κ2) is 7.28. The zero-order chi connectivity index (χ0) is 18.7. The van der Waals surface area contributed by atoms with Gasteiger partial charge < -0.3 is 14.6 Å². The Balaban J connectivity index is 1.82. The standard InChI is InChI=1S/C17H20F2N6O/c1-17(2)9-26-6-5-25(17)15-7-12(22-10-23-15)13-8-21-14(24-13)4-3-11(20)16(18)19/h3-4,7-8,10,16,20H,5-6,9H2,1-2H3,(H,21,24)/b4-3-,20-11?. The van der Waals surface area contributed by atoms with E-state index in [1.165, 1.54) is 12.4 Å². The number of imidazole rings is 1. The Hall–Kier alpha value is -2.68. The molecule has 2 aromatic heterocycles. The molecule has 3 heterocycles. The highest BCUT2D eigenvalue weighted by Crippen LogP contribution is 2.27. The number of hydrogen-bond donors (Lipinski definition) is 2. The summed E-state index contributed by atoms with van der Waals surface area (Å²) in [6, 6.07) is 1.86. The summed E-state index contributed by atoms with van der Waals surface area (Å²) in [4.78, 5) is 17.9. The number of H-pyrrole nitrogens is 1. The molecule has 0 bridgehead atoms. The van der Waals surface area contributed by atoms with Gasteiger partial charge in [0, 0.05) is 12.6 Å². The van der Waals surface area contributed by atoms with Gasteiger partial charge in [-0.2, -0.15) is 0 Å². The van der Waals surface area contributed by atoms with Gasteiger partial charge in [-0.3, -0.25) is 5.41 Å². The van der Waals surface area contributed by atoms with E-state index in [9.17, 15) is 8.78 Å². The number of rotatable bonds is 5. The molecule has 2 aromatic rings. The maximum absolute atomic E-state index is 12.3. The van der Waals surface area contributed by atoms with Crippen molar-refractivity contribution in [3.63, 3.8) is 0 Å². The number of hydrogen-bond acceptors (Lipinski definition) is 6. The number of anilines is 1. The normalized spacial score (nSPS) is 17.2. The maximum Gasteiger partial charge on any atom is 0.279 e. The Kier molecular flexibility index (Phi) is 5.08. The lowest BCUT2D eigenvalue weighted by molar-refractivity contribution is 0.0639. The van der Waals surface area contributed by atoms with Crippen LogP contribution in [-0.4, -0.2) is 57.4 Å². The van der Waals surface area contributed by atoms with E-state index in [1.54, 1.807) is 6.20 Å². The van der Waals surface area contributed by atoms with Crippen LogP contribution in [0, 0.1) is 5.41 Å². The molecule has 7 nitrogen and oxygen atoms in total. The van der Waals surface area contributed by atoms with Crippen molar-refractivity contribution >= 4 is 17.6 Å². The van der Waals surface area contributed by atoms with Crippen LogP contribution in [0.3, 0.4) is 0 Å². The molecule has 1 saturated heterocycles. The smallest absolute Gasteiger partial charge is 0.279 e. The van der Waals surface area contributed by atoms with E-state index in [-0.39, 0.29) is 5.54 Å². The molecule has 0 unspecified atom stereocenters. The Morgan fingerprint density at radius 2 is 2.19 bits per heavy atom. The summed E-state index contributed by atoms with van der Waals surface area (Å²) in [5.74, 6) is 1.16. The van der Waals surface area contributed by atoms with Crippen LogP contribution < -0.4 is 4.90 Å². The summed E-state index contributed by atoms with van der Waals surface area (Å²) >= 11 is 0. The first-order valence-electron chi connectivity index (χ1n) is 8.14. The van der Waals surface area contributed by atoms with E-state index in [2.05, 4.69) is 38.7 Å². The van der Waals surface area contributed by atoms with Gasteiger partial charge in [-0.15, -0.1) is 0 Å². The molecule has 0 atom stereocenters. The summed E-state index contributed by atoms with van der Waals surface area (Å²) in [7, 11) is 0. The molecular formula is C17H20F2N6O. The van der Waals surface area contributed by atoms with Crippen molar-refractivity contribution in [2.24, 2.45) is 0 Å². The highest BCUT2D eigenvalue weighted by molar-refractivity contribution is 5.97. The van der Waals surface area contributed by atoms with Gasteiger partial charge >= 0.3 is 0 Å². The Labute approximate surface area is 149 Å². The lowest BCUT2D eigenvalue weighted by atomic mass is 10.0. The quantitative estimate of drug-likeness (QED) is 0.798. The first kappa shape index (κ1) is 18.1. The molecule has 0 radical (unpaired) electrons. The van der Waals surface area contributed by atoms with Gasteiger partial charge in [0.2, 0.25) is 0 Å². The number of ether oxygens (including phenoxy) is 1. The third-order valence-corrected chi connectivity index (χ3v) is 4.10. The van der Waals surface area contributed by atoms with Crippen LogP contribution in [-0.2, 0) is 4.74 Å². The molecule has 1 aliphatic rings. The van der Waals surface area contributed by atoms with Crippen molar-refractivity contribution < 1.29 is 13.5 Å². The number of aromatic amines is 1. The fourth-order valence-corrected chi connectivity index (χ4v) is 2.72. The van der Waals surface area contributed by atoms with E-state index >= 15 is 0 Å². The summed E-state index contributed by atoms with van der Waals surface area (Å²) in [5, 5.41) is 7.13. The fourth-order valence-electron chi connectivity index (χ4n) is 2.72. The average Bonchev–Trinajstić information content (AvgIpc) is 3.08. The predicted octanol–water partition coefficient (Wildman–Crippen LogP) is 2.78. The lowest BCUT2D eigenvalue weighted by Crippen LogP contribution is -2.53. The molecule has 0 amide bonds. The lowest BCUT2D eigenvalue weighted by Gasteiger charge is -2.42. The van der Waals surface area contributed by atoms with Gasteiger partial charge in [0.15, 0.2) is 0 Å². The van der Waals surface area contributed by atoms with E-state index in [0.717, 1.165) is 18.4 Å². The SMILES string of the molecule is CC1(C)COCCN1c1cc(-c2cnc(/C=C\C(=N)C(F)F)[nH]2)ncn1. The van der Waals surface area contributed by atoms with Gasteiger partial charge in [-0.05, 0) is 26.0 Å². The van der Waals surface area contributed by atoms with Gasteiger partial charge in [0.25, 0.3) is 6.43 Å². The zero-order valence-corrected chi connectivity index (χ0v) is 14.5. The fraction of sp³-hybridized carbons (Fsp3) is 0.412. The van der Waals surface area contributed by atoms with Crippen LogP contribution in [0.4, 0.5) is 14.6 Å². The highest BCUT2D eigenvalue weighted by Gasteiger charge is 2.31. The van der Waals surface area contributed by atoms with Crippen LogP contribution in [0.2, 0.25) is 0 Å². The molecule has 1 fully saturated rings. The molecule has 1 aliphatic heterocycles. The topological polar surface area (TPSA) is 90.8 Å². The van der Waals surface area contributed by atoms with E-state index in [0.29, 0.717) is 30.4 Å². The van der Waals surface area contributed by atoms with E-state index < -0.39 is 12.1 Å². The number of morpholine rings is 1. The number of aromatic nitrogens is 4. The minimum Gasteiger partial charge on any atom is -0.377 e. The number of allylic oxidation sites excluding steroid dienone is 1. The Morgan fingerprint density at radius 1 is 1.38 bits per heavy atom. The van der Waals surface area contributed by atoms with Gasteiger partial charge in [0.05, 0.1) is 42.0 Å². The Morgan fingerprint density at radius 3 is 2.92 bits per heavy atom. The van der Waals surface area contributed by atoms with Crippen LogP contribution in [0.1, 0.15) is 19.7 Å². The molecule has 0 spiro atoms. The largest absolute Gasteiger partial charge is 0.377 e. The van der Waals surface area contributed by atoms with E-state index in [4.69, 9.17) is 10.1 Å². The molecular weight excluding hydrogens is 342 g/mol. The third kappa shape index (κ3) is 3.93. The number of nitrogens with one attached hydrogen (secondary N) is 2. The van der Waals surface area contributed by atoms with Crippen molar-refractivity contribution in [2.45, 2.75) is 25.8 Å². The summed E-state index contributed by atoms with van der Waals surface area (Å²) in [6.07, 6.45) is 2.61. The molecule has 0 aliphatic carbocycles. The average molecular weight is 362 g/mol. The van der Waals surface area contributed by atoms with Crippen molar-refractivity contribution in [3.05, 3.63) is 30.5 Å². The first-order chi connectivity index (χ1) is 12.4. The van der Waals surface area contributed by atoms with Crippen molar-refractivity contribution in [3.8, 4) is 11.4 Å². The second-order valence-corrected chi connectivity index (χ2v) is 6.55. The number of alkyl halides is 2. The first-order valence-corrected chi connectivity index (χ1v) is 8.14. The summed E-state index contributed by atoms with van der Waals surface area (Å²) in [6.45, 7) is 6.16. The number of nitrogens with zero attached hydrogens (tertiary/aromatic N) is 4. The van der Waals surface area contributed by atoms with Crippen LogP contribution in [0.25, 0.3) is 17.5 Å². The molecule has 3 rings (SSSR count). The minimum atomic E-state index is -2.80. The van der Waals surface area contributed by atoms with Crippen LogP contribution in [0.5, 0.6) is 0 Å². The van der Waals surface area contributed by atoms with Crippen LogP contribution >= 0.6 is 0 Å². The minimum absolute atomic E-state index is 0.179. The van der Waals surface area contributed by atoms with Crippen molar-refractivity contribution in [1.29, 1.82) is 5.41 Å². The molecule has 0 saturated carbocycles. The van der Waals surface area contributed by atoms with Crippen molar-refractivity contribution in [1.82, 2.24) is 19.9 Å². The molecule has 0 aromatic carbocycles. The molecule has 138 valence electrons. The third-order valence-electron chi connectivity index (χ3n) is 4.10. The van der Waals surface area contributed by atoms with Crippen LogP contribution in [0.15, 0.2) is 24.7 Å². The summed E-state index contributed by atoms with van der Waals surface area (Å²) < 4.78 is 30.2. The molecule has 26 heavy (non-hydrogen) atoms. The van der Waals surface area contributed by atoms with Gasteiger partial charge in [-0.25, -0.2) is 23.7 Å². The second-order valence-electron chi connectivity index (χ2n) is 6.55. The predicted molar refractivity (Wildman–Crippen MR) is 94.6 cm³/mol. The van der Waals surface area contributed by atoms with Gasteiger partial charge in [0.1, 0.15) is 18.0 Å². The highest BCUT2D eigenvalue weighted by atomic mass is 19.3. The van der Waals surface area contributed by atoms with E-state index in [1.807, 2.05) is 6.07 Å². The zero-order valence-electron chi connectivity index (χ0n) is 14.5. The molecule has 2 N–H and O–H groups in total. The number of halogens is 2. The monoisotopic (exact) mass is 362 g/mol. The Bertz CT molecular complexity index is 817. The van der Waals surface area contributed by atoms with Crippen molar-refractivity contribution in [2.75, 3.05) is 24.7 Å². The van der Waals surface area contributed by atoms with Gasteiger partial charge in [-0.1, -0.05) is 0 Å². The maximum atomic E-state index is 12.3. The molecule has 9 heteroatoms.